The Kier molecular flexibility index (Phi) is 5.57. The third-order valence-corrected chi connectivity index (χ3v) is 6.40. The lowest BCUT2D eigenvalue weighted by atomic mass is 9.98. The highest BCUT2D eigenvalue weighted by atomic mass is 35.5. The molecule has 0 aliphatic carbocycles. The molecule has 2 nitrogen and oxygen atoms in total. The van der Waals surface area contributed by atoms with E-state index in [-0.39, 0.29) is 0 Å². The van der Waals surface area contributed by atoms with E-state index in [1.807, 2.05) is 42.5 Å². The molecule has 0 radical (unpaired) electrons. The van der Waals surface area contributed by atoms with Crippen LogP contribution in [0.4, 0.5) is 0 Å². The van der Waals surface area contributed by atoms with Crippen LogP contribution in [0.25, 0.3) is 55.7 Å². The molecule has 0 saturated carbocycles. The summed E-state index contributed by atoms with van der Waals surface area (Å²) >= 11 is 6.48. The Hall–Kier alpha value is -4.27. The maximum Gasteiger partial charge on any atom is 0.162 e. The van der Waals surface area contributed by atoms with Crippen molar-refractivity contribution in [2.75, 3.05) is 0 Å². The Morgan fingerprint density at radius 3 is 1.86 bits per heavy atom. The average molecular weight is 469 g/mol. The van der Waals surface area contributed by atoms with Crippen LogP contribution in [0.1, 0.15) is 0 Å². The van der Waals surface area contributed by atoms with Crippen LogP contribution in [0.3, 0.4) is 0 Å². The first kappa shape index (κ1) is 21.3. The minimum absolute atomic E-state index is 0.423. The topological polar surface area (TPSA) is 25.8 Å². The molecule has 5 aromatic carbocycles. The molecule has 166 valence electrons. The number of hydrogen-bond acceptors (Lipinski definition) is 2. The van der Waals surface area contributed by atoms with E-state index in [2.05, 4.69) is 89.9 Å². The van der Waals surface area contributed by atoms with Crippen molar-refractivity contribution in [1.29, 1.82) is 0 Å². The van der Waals surface area contributed by atoms with Gasteiger partial charge in [-0.25, -0.2) is 9.97 Å². The van der Waals surface area contributed by atoms with Gasteiger partial charge in [0, 0.05) is 17.2 Å². The molecule has 0 fully saturated rings. The van der Waals surface area contributed by atoms with Crippen LogP contribution >= 0.6 is 11.6 Å². The van der Waals surface area contributed by atoms with Gasteiger partial charge in [-0.2, -0.15) is 0 Å². The van der Waals surface area contributed by atoms with Crippen molar-refractivity contribution in [1.82, 2.24) is 9.97 Å². The van der Waals surface area contributed by atoms with E-state index in [1.165, 1.54) is 16.3 Å². The molecule has 1 aromatic heterocycles. The highest BCUT2D eigenvalue weighted by Crippen LogP contribution is 2.33. The zero-order valence-corrected chi connectivity index (χ0v) is 19.7. The summed E-state index contributed by atoms with van der Waals surface area (Å²) in [5, 5.41) is 2.90. The Labute approximate surface area is 209 Å². The lowest BCUT2D eigenvalue weighted by Crippen LogP contribution is -1.95. The van der Waals surface area contributed by atoms with Gasteiger partial charge in [0.2, 0.25) is 0 Å². The molecule has 3 heteroatoms. The molecule has 0 saturated heterocycles. The second-order valence-electron chi connectivity index (χ2n) is 8.45. The van der Waals surface area contributed by atoms with Crippen molar-refractivity contribution < 1.29 is 0 Å². The van der Waals surface area contributed by atoms with Crippen LogP contribution in [0.15, 0.2) is 127 Å². The van der Waals surface area contributed by atoms with E-state index in [0.29, 0.717) is 11.0 Å². The molecule has 1 heterocycles. The molecule has 0 aliphatic heterocycles. The zero-order valence-electron chi connectivity index (χ0n) is 18.9. The minimum Gasteiger partial charge on any atom is -0.228 e. The molecule has 6 rings (SSSR count). The third kappa shape index (κ3) is 4.32. The fourth-order valence-electron chi connectivity index (χ4n) is 4.44. The summed E-state index contributed by atoms with van der Waals surface area (Å²) in [4.78, 5) is 9.47. The molecule has 0 atom stereocenters. The summed E-state index contributed by atoms with van der Waals surface area (Å²) in [5.74, 6) is 0.616. The number of halogens is 1. The average Bonchev–Trinajstić information content (AvgIpc) is 2.93. The molecule has 0 spiro atoms. The number of hydrogen-bond donors (Lipinski definition) is 0. The van der Waals surface area contributed by atoms with Gasteiger partial charge >= 0.3 is 0 Å². The summed E-state index contributed by atoms with van der Waals surface area (Å²) in [6, 6.07) is 43.7. The first-order chi connectivity index (χ1) is 17.2. The van der Waals surface area contributed by atoms with E-state index in [0.717, 1.165) is 33.5 Å². The number of rotatable bonds is 4. The number of nitrogens with zero attached hydrogens (tertiary/aromatic N) is 2. The van der Waals surface area contributed by atoms with Crippen molar-refractivity contribution in [2.24, 2.45) is 0 Å². The largest absolute Gasteiger partial charge is 0.228 e. The predicted octanol–water partition coefficient (Wildman–Crippen LogP) is 8.95. The van der Waals surface area contributed by atoms with E-state index in [4.69, 9.17) is 16.6 Å². The minimum atomic E-state index is 0.423. The van der Waals surface area contributed by atoms with Gasteiger partial charge < -0.3 is 0 Å². The van der Waals surface area contributed by atoms with Crippen LogP contribution in [-0.2, 0) is 0 Å². The first-order valence-electron chi connectivity index (χ1n) is 11.5. The van der Waals surface area contributed by atoms with Gasteiger partial charge in [-0.1, -0.05) is 127 Å². The summed E-state index contributed by atoms with van der Waals surface area (Å²) < 4.78 is 0. The number of aromatic nitrogens is 2. The summed E-state index contributed by atoms with van der Waals surface area (Å²) in [5.41, 5.74) is 7.30. The summed E-state index contributed by atoms with van der Waals surface area (Å²) in [7, 11) is 0. The van der Waals surface area contributed by atoms with Crippen molar-refractivity contribution in [3.63, 3.8) is 0 Å². The highest BCUT2D eigenvalue weighted by molar-refractivity contribution is 6.29. The maximum atomic E-state index is 6.48. The third-order valence-electron chi connectivity index (χ3n) is 6.21. The Bertz CT molecular complexity index is 1640. The Morgan fingerprint density at radius 1 is 0.429 bits per heavy atom. The van der Waals surface area contributed by atoms with Crippen molar-refractivity contribution in [2.45, 2.75) is 0 Å². The molecule has 6 aromatic rings. The first-order valence-corrected chi connectivity index (χ1v) is 11.9. The van der Waals surface area contributed by atoms with Crippen LogP contribution in [-0.4, -0.2) is 9.97 Å². The highest BCUT2D eigenvalue weighted by Gasteiger charge is 2.13. The Morgan fingerprint density at radius 2 is 1.06 bits per heavy atom. The van der Waals surface area contributed by atoms with Crippen LogP contribution < -0.4 is 0 Å². The molecular formula is C32H21ClN2. The SMILES string of the molecule is Clc1cc(-c2ccc(-c3ccc4ccccc4c3)cc2)nc(-c2ccccc2-c2ccccc2)n1. The normalized spacial score (nSPS) is 11.0. The lowest BCUT2D eigenvalue weighted by Gasteiger charge is -2.11. The second-order valence-corrected chi connectivity index (χ2v) is 8.84. The van der Waals surface area contributed by atoms with E-state index < -0.39 is 0 Å². The van der Waals surface area contributed by atoms with Gasteiger partial charge in [-0.15, -0.1) is 0 Å². The van der Waals surface area contributed by atoms with Crippen LogP contribution in [0.5, 0.6) is 0 Å². The molecule has 0 aliphatic rings. The van der Waals surface area contributed by atoms with Gasteiger partial charge in [-0.3, -0.25) is 0 Å². The van der Waals surface area contributed by atoms with Crippen molar-refractivity contribution in [3.8, 4) is 44.9 Å². The standard InChI is InChI=1S/C32H21ClN2/c33-31-21-30(34-32(35-31)29-13-7-6-12-28(29)24-9-2-1-3-10-24)25-17-14-23(15-18-25)27-19-16-22-8-4-5-11-26(22)20-27/h1-21H. The molecule has 0 amide bonds. The second kappa shape index (κ2) is 9.17. The lowest BCUT2D eigenvalue weighted by molar-refractivity contribution is 1.18. The van der Waals surface area contributed by atoms with E-state index in [1.54, 1.807) is 0 Å². The van der Waals surface area contributed by atoms with E-state index >= 15 is 0 Å². The van der Waals surface area contributed by atoms with Gasteiger partial charge in [-0.05, 0) is 39.1 Å². The molecular weight excluding hydrogens is 448 g/mol. The number of fused-ring (bicyclic) bond motifs is 1. The maximum absolute atomic E-state index is 6.48. The monoisotopic (exact) mass is 468 g/mol. The molecule has 0 N–H and O–H groups in total. The summed E-state index contributed by atoms with van der Waals surface area (Å²) in [6.45, 7) is 0. The van der Waals surface area contributed by atoms with Gasteiger partial charge in [0.1, 0.15) is 5.15 Å². The predicted molar refractivity (Wildman–Crippen MR) is 146 cm³/mol. The zero-order chi connectivity index (χ0) is 23.6. The van der Waals surface area contributed by atoms with Gasteiger partial charge in [0.15, 0.2) is 5.82 Å². The van der Waals surface area contributed by atoms with Crippen molar-refractivity contribution in [3.05, 3.63) is 133 Å². The van der Waals surface area contributed by atoms with Crippen molar-refractivity contribution >= 4 is 22.4 Å². The molecule has 0 bridgehead atoms. The fourth-order valence-corrected chi connectivity index (χ4v) is 4.62. The smallest absolute Gasteiger partial charge is 0.162 e. The number of benzene rings is 5. The quantitative estimate of drug-likeness (QED) is 0.241. The molecule has 35 heavy (non-hydrogen) atoms. The fraction of sp³-hybridized carbons (Fsp3) is 0. The molecule has 0 unspecified atom stereocenters. The van der Waals surface area contributed by atoms with E-state index in [9.17, 15) is 0 Å². The van der Waals surface area contributed by atoms with Gasteiger partial charge in [0.05, 0.1) is 5.69 Å². The summed E-state index contributed by atoms with van der Waals surface area (Å²) in [6.07, 6.45) is 0. The Balaban J connectivity index is 1.37. The van der Waals surface area contributed by atoms with Crippen LogP contribution in [0.2, 0.25) is 5.15 Å². The van der Waals surface area contributed by atoms with Crippen LogP contribution in [0, 0.1) is 0 Å². The van der Waals surface area contributed by atoms with Gasteiger partial charge in [0.25, 0.3) is 0 Å².